The number of esters is 2. The molecule has 0 aliphatic carbocycles. The number of phosphoric acid groups is 1. The third kappa shape index (κ3) is 61.7. The fourth-order valence-electron chi connectivity index (χ4n) is 10.1. The molecule has 10 heteroatoms. The maximum absolute atomic E-state index is 12.7. The van der Waals surface area contributed by atoms with Gasteiger partial charge in [0.1, 0.15) is 6.61 Å². The summed E-state index contributed by atoms with van der Waals surface area (Å²) in [5.74, 6) is -0.813. The van der Waals surface area contributed by atoms with Gasteiger partial charge in [0.25, 0.3) is 0 Å². The predicted octanol–water partition coefficient (Wildman–Crippen LogP) is 21.4. The second-order valence-corrected chi connectivity index (χ2v) is 24.2. The molecule has 0 saturated carbocycles. The van der Waals surface area contributed by atoms with E-state index in [9.17, 15) is 19.0 Å². The lowest BCUT2D eigenvalue weighted by atomic mass is 10.0. The summed E-state index contributed by atoms with van der Waals surface area (Å²) in [7, 11) is -4.39. The molecule has 0 aromatic heterocycles. The van der Waals surface area contributed by atoms with E-state index in [1.165, 1.54) is 270 Å². The molecule has 9 nitrogen and oxygen atoms in total. The highest BCUT2D eigenvalue weighted by Crippen LogP contribution is 2.43. The Morgan fingerprint density at radius 2 is 0.684 bits per heavy atom. The Labute approximate surface area is 472 Å². The van der Waals surface area contributed by atoms with Crippen LogP contribution in [0.3, 0.4) is 0 Å². The summed E-state index contributed by atoms with van der Waals surface area (Å²) in [4.78, 5) is 35.3. The van der Waals surface area contributed by atoms with Crippen molar-refractivity contribution < 1.29 is 37.6 Å². The first-order valence-corrected chi connectivity index (χ1v) is 34.8. The molecule has 450 valence electrons. The summed E-state index contributed by atoms with van der Waals surface area (Å²) in [6.07, 6.45) is 75.6. The van der Waals surface area contributed by atoms with Crippen LogP contribution in [0.5, 0.6) is 0 Å². The van der Waals surface area contributed by atoms with E-state index in [2.05, 4.69) is 38.2 Å². The van der Waals surface area contributed by atoms with Crippen LogP contribution in [-0.2, 0) is 32.7 Å². The van der Waals surface area contributed by atoms with Crippen LogP contribution in [0.1, 0.15) is 354 Å². The molecule has 0 amide bonds. The van der Waals surface area contributed by atoms with Crippen LogP contribution in [-0.4, -0.2) is 49.3 Å². The first-order chi connectivity index (χ1) is 37.3. The number of ether oxygens (including phenoxy) is 2. The van der Waals surface area contributed by atoms with E-state index in [0.29, 0.717) is 6.42 Å². The highest BCUT2D eigenvalue weighted by Gasteiger charge is 2.26. The van der Waals surface area contributed by atoms with Crippen molar-refractivity contribution in [3.8, 4) is 0 Å². The molecule has 3 N–H and O–H groups in total. The molecular formula is C66H128NO8P. The minimum absolute atomic E-state index is 0.0549. The van der Waals surface area contributed by atoms with Crippen LogP contribution in [0.15, 0.2) is 24.3 Å². The number of unbranched alkanes of at least 4 members (excludes halogenated alkanes) is 47. The van der Waals surface area contributed by atoms with Crippen molar-refractivity contribution >= 4 is 19.8 Å². The van der Waals surface area contributed by atoms with E-state index >= 15 is 0 Å². The minimum atomic E-state index is -4.39. The van der Waals surface area contributed by atoms with Crippen molar-refractivity contribution in [1.82, 2.24) is 0 Å². The molecule has 2 atom stereocenters. The van der Waals surface area contributed by atoms with E-state index in [4.69, 9.17) is 24.3 Å². The van der Waals surface area contributed by atoms with Crippen molar-refractivity contribution in [3.63, 3.8) is 0 Å². The van der Waals surface area contributed by atoms with E-state index in [1.807, 2.05) is 0 Å². The minimum Gasteiger partial charge on any atom is -0.462 e. The summed E-state index contributed by atoms with van der Waals surface area (Å²) in [5, 5.41) is 0. The molecular weight excluding hydrogens is 966 g/mol. The van der Waals surface area contributed by atoms with Gasteiger partial charge in [-0.2, -0.15) is 0 Å². The molecule has 0 aromatic rings. The van der Waals surface area contributed by atoms with Gasteiger partial charge < -0.3 is 20.1 Å². The van der Waals surface area contributed by atoms with Crippen LogP contribution in [0, 0.1) is 0 Å². The Hall–Kier alpha value is -1.51. The predicted molar refractivity (Wildman–Crippen MR) is 326 cm³/mol. The zero-order chi connectivity index (χ0) is 55.2. The molecule has 0 rings (SSSR count). The third-order valence-electron chi connectivity index (χ3n) is 15.1. The molecule has 0 radical (unpaired) electrons. The lowest BCUT2D eigenvalue weighted by Crippen LogP contribution is -2.29. The maximum Gasteiger partial charge on any atom is 0.472 e. The van der Waals surface area contributed by atoms with Crippen LogP contribution in [0.4, 0.5) is 0 Å². The van der Waals surface area contributed by atoms with E-state index in [-0.39, 0.29) is 38.6 Å². The second kappa shape index (κ2) is 62.7. The van der Waals surface area contributed by atoms with E-state index < -0.39 is 26.5 Å². The summed E-state index contributed by atoms with van der Waals surface area (Å²) in [5.41, 5.74) is 5.39. The number of hydrogen-bond donors (Lipinski definition) is 2. The molecule has 0 aromatic carbocycles. The average Bonchev–Trinajstić information content (AvgIpc) is 3.41. The van der Waals surface area contributed by atoms with E-state index in [0.717, 1.165) is 51.4 Å². The third-order valence-corrected chi connectivity index (χ3v) is 16.1. The first-order valence-electron chi connectivity index (χ1n) is 33.3. The summed E-state index contributed by atoms with van der Waals surface area (Å²) >= 11 is 0. The second-order valence-electron chi connectivity index (χ2n) is 22.7. The highest BCUT2D eigenvalue weighted by molar-refractivity contribution is 7.47. The van der Waals surface area contributed by atoms with Gasteiger partial charge in [0.05, 0.1) is 13.2 Å². The van der Waals surface area contributed by atoms with Crippen LogP contribution in [0.2, 0.25) is 0 Å². The average molecular weight is 1090 g/mol. The maximum atomic E-state index is 12.7. The molecule has 0 spiro atoms. The van der Waals surface area contributed by atoms with Crippen LogP contribution >= 0.6 is 7.82 Å². The number of phosphoric ester groups is 1. The summed E-state index contributed by atoms with van der Waals surface area (Å²) in [6.45, 7) is 3.80. The summed E-state index contributed by atoms with van der Waals surface area (Å²) in [6, 6.07) is 0. The Morgan fingerprint density at radius 1 is 0.395 bits per heavy atom. The Morgan fingerprint density at radius 3 is 1.00 bits per heavy atom. The number of rotatable bonds is 64. The van der Waals surface area contributed by atoms with Crippen molar-refractivity contribution in [2.75, 3.05) is 26.4 Å². The van der Waals surface area contributed by atoms with Gasteiger partial charge in [-0.15, -0.1) is 0 Å². The number of carbonyl (C=O) groups is 2. The van der Waals surface area contributed by atoms with Crippen molar-refractivity contribution in [1.29, 1.82) is 0 Å². The topological polar surface area (TPSA) is 134 Å². The number of allylic oxidation sites excluding steroid dienone is 4. The first kappa shape index (κ1) is 74.5. The number of nitrogens with two attached hydrogens (primary N) is 1. The highest BCUT2D eigenvalue weighted by atomic mass is 31.2. The largest absolute Gasteiger partial charge is 0.472 e. The SMILES string of the molecule is CCCCCCC/C=C\C/C=C\CCCCCCCCCCCC(=O)OC(COC(=O)CCCCCCCCCCCCCCCCCCCCCCCCCCCCCCCCCCCC)COP(=O)(O)OCCN. The lowest BCUT2D eigenvalue weighted by molar-refractivity contribution is -0.161. The van der Waals surface area contributed by atoms with E-state index in [1.54, 1.807) is 0 Å². The molecule has 76 heavy (non-hydrogen) atoms. The molecule has 2 unspecified atom stereocenters. The molecule has 0 saturated heterocycles. The quantitative estimate of drug-likeness (QED) is 0.0264. The van der Waals surface area contributed by atoms with Gasteiger partial charge in [0.15, 0.2) is 6.10 Å². The molecule has 0 aliphatic rings. The lowest BCUT2D eigenvalue weighted by Gasteiger charge is -2.19. The standard InChI is InChI=1S/C66H128NO8P/c1-3-5-7-9-11-13-15-17-19-21-23-25-26-27-28-29-30-31-32-33-34-35-36-37-39-40-42-44-46-48-50-52-54-56-58-65(68)72-62-64(63-74-76(70,71)73-61-60-67)75-66(69)59-57-55-53-51-49-47-45-43-41-38-24-22-20-18-16-14-12-10-8-6-4-2/h16,18,22,24,64H,3-15,17,19-21,23,25-63,67H2,1-2H3,(H,70,71)/b18-16-,24-22-. The number of carbonyl (C=O) groups excluding carboxylic acids is 2. The van der Waals surface area contributed by atoms with Gasteiger partial charge in [-0.3, -0.25) is 18.6 Å². The Kier molecular flexibility index (Phi) is 61.4. The molecule has 0 bridgehead atoms. The fraction of sp³-hybridized carbons (Fsp3) is 0.909. The Bertz CT molecular complexity index is 1290. The monoisotopic (exact) mass is 1090 g/mol. The molecule has 0 aliphatic heterocycles. The van der Waals surface area contributed by atoms with Gasteiger partial charge in [0.2, 0.25) is 0 Å². The van der Waals surface area contributed by atoms with Crippen molar-refractivity contribution in [2.45, 2.75) is 360 Å². The van der Waals surface area contributed by atoms with Crippen molar-refractivity contribution in [3.05, 3.63) is 24.3 Å². The zero-order valence-corrected chi connectivity index (χ0v) is 51.4. The van der Waals surface area contributed by atoms with Gasteiger partial charge in [-0.25, -0.2) is 4.57 Å². The van der Waals surface area contributed by atoms with Gasteiger partial charge in [-0.1, -0.05) is 321 Å². The molecule has 0 fully saturated rings. The number of hydrogen-bond acceptors (Lipinski definition) is 8. The zero-order valence-electron chi connectivity index (χ0n) is 50.5. The fourth-order valence-corrected chi connectivity index (χ4v) is 10.9. The van der Waals surface area contributed by atoms with Crippen molar-refractivity contribution in [2.24, 2.45) is 5.73 Å². The smallest absolute Gasteiger partial charge is 0.462 e. The van der Waals surface area contributed by atoms with Crippen LogP contribution in [0.25, 0.3) is 0 Å². The van der Waals surface area contributed by atoms with Gasteiger partial charge in [-0.05, 0) is 44.9 Å². The molecule has 0 heterocycles. The Balaban J connectivity index is 3.80. The van der Waals surface area contributed by atoms with Crippen LogP contribution < -0.4 is 5.73 Å². The normalized spacial score (nSPS) is 13.1. The summed E-state index contributed by atoms with van der Waals surface area (Å²) < 4.78 is 33.1. The van der Waals surface area contributed by atoms with Gasteiger partial charge >= 0.3 is 19.8 Å². The van der Waals surface area contributed by atoms with Gasteiger partial charge in [0, 0.05) is 19.4 Å².